The quantitative estimate of drug-likeness (QED) is 0.880. The standard InChI is InChI=1S/C16H22ClNOS2/c1-2-18-14(15-10-20-5-6-21-15)9-12-8-13(17)7-11-3-4-19-16(11)12/h7-8,14-15,18H,2-6,9-10H2,1H3. The third-order valence-corrected chi connectivity index (χ3v) is 7.16. The molecule has 116 valence electrons. The third kappa shape index (κ3) is 3.84. The number of halogens is 1. The maximum Gasteiger partial charge on any atom is 0.125 e. The van der Waals surface area contributed by atoms with Crippen molar-refractivity contribution in [2.75, 3.05) is 30.4 Å². The summed E-state index contributed by atoms with van der Waals surface area (Å²) in [7, 11) is 0. The molecule has 2 aliphatic heterocycles. The zero-order valence-corrected chi connectivity index (χ0v) is 14.8. The fourth-order valence-corrected chi connectivity index (χ4v) is 6.22. The van der Waals surface area contributed by atoms with E-state index in [0.717, 1.165) is 36.8 Å². The molecule has 0 spiro atoms. The molecule has 1 aromatic carbocycles. The van der Waals surface area contributed by atoms with Crippen molar-refractivity contribution in [3.8, 4) is 5.75 Å². The lowest BCUT2D eigenvalue weighted by Crippen LogP contribution is -2.42. The van der Waals surface area contributed by atoms with Gasteiger partial charge in [0.2, 0.25) is 0 Å². The molecular formula is C16H22ClNOS2. The van der Waals surface area contributed by atoms with Crippen LogP contribution >= 0.6 is 35.1 Å². The lowest BCUT2D eigenvalue weighted by molar-refractivity contribution is 0.351. The monoisotopic (exact) mass is 343 g/mol. The third-order valence-electron chi connectivity index (χ3n) is 4.02. The normalized spacial score (nSPS) is 22.7. The molecule has 0 bridgehead atoms. The smallest absolute Gasteiger partial charge is 0.125 e. The fourth-order valence-electron chi connectivity index (χ4n) is 3.07. The maximum absolute atomic E-state index is 6.29. The van der Waals surface area contributed by atoms with Gasteiger partial charge in [-0.2, -0.15) is 23.5 Å². The summed E-state index contributed by atoms with van der Waals surface area (Å²) in [6.07, 6.45) is 2.00. The van der Waals surface area contributed by atoms with Crippen molar-refractivity contribution >= 4 is 35.1 Å². The molecule has 1 N–H and O–H groups in total. The van der Waals surface area contributed by atoms with Crippen molar-refractivity contribution in [2.45, 2.75) is 31.1 Å². The van der Waals surface area contributed by atoms with Crippen molar-refractivity contribution in [3.05, 3.63) is 28.3 Å². The molecule has 21 heavy (non-hydrogen) atoms. The first kappa shape index (κ1) is 15.9. The largest absolute Gasteiger partial charge is 0.493 e. The van der Waals surface area contributed by atoms with Crippen LogP contribution < -0.4 is 10.1 Å². The Morgan fingerprint density at radius 2 is 2.33 bits per heavy atom. The molecule has 2 unspecified atom stereocenters. The van der Waals surface area contributed by atoms with E-state index in [2.05, 4.69) is 47.9 Å². The average Bonchev–Trinajstić information content (AvgIpc) is 2.96. The number of rotatable bonds is 5. The Kier molecular flexibility index (Phi) is 5.66. The first-order valence-electron chi connectivity index (χ1n) is 7.64. The Morgan fingerprint density at radius 3 is 3.10 bits per heavy atom. The van der Waals surface area contributed by atoms with Crippen LogP contribution in [0.4, 0.5) is 0 Å². The van der Waals surface area contributed by atoms with Crippen LogP contribution in [0.5, 0.6) is 5.75 Å². The molecule has 2 nitrogen and oxygen atoms in total. The zero-order chi connectivity index (χ0) is 14.7. The van der Waals surface area contributed by atoms with Gasteiger partial charge >= 0.3 is 0 Å². The molecule has 5 heteroatoms. The van der Waals surface area contributed by atoms with E-state index in [9.17, 15) is 0 Å². The number of fused-ring (bicyclic) bond motifs is 1. The highest BCUT2D eigenvalue weighted by Crippen LogP contribution is 2.35. The van der Waals surface area contributed by atoms with Gasteiger partial charge in [0.15, 0.2) is 0 Å². The van der Waals surface area contributed by atoms with Gasteiger partial charge < -0.3 is 10.1 Å². The average molecular weight is 344 g/mol. The molecule has 2 atom stereocenters. The molecule has 0 aliphatic carbocycles. The molecule has 0 saturated carbocycles. The van der Waals surface area contributed by atoms with Crippen molar-refractivity contribution in [1.29, 1.82) is 0 Å². The summed E-state index contributed by atoms with van der Waals surface area (Å²) >= 11 is 10.5. The molecular weight excluding hydrogens is 322 g/mol. The minimum absolute atomic E-state index is 0.500. The summed E-state index contributed by atoms with van der Waals surface area (Å²) < 4.78 is 5.85. The lowest BCUT2D eigenvalue weighted by Gasteiger charge is -2.30. The van der Waals surface area contributed by atoms with E-state index in [4.69, 9.17) is 16.3 Å². The fraction of sp³-hybridized carbons (Fsp3) is 0.625. The topological polar surface area (TPSA) is 21.3 Å². The van der Waals surface area contributed by atoms with Gasteiger partial charge in [-0.15, -0.1) is 0 Å². The Hall–Kier alpha value is -0.0300. The van der Waals surface area contributed by atoms with E-state index in [1.54, 1.807) is 0 Å². The molecule has 2 aliphatic rings. The first-order valence-corrected chi connectivity index (χ1v) is 10.2. The summed E-state index contributed by atoms with van der Waals surface area (Å²) in [6, 6.07) is 4.65. The van der Waals surface area contributed by atoms with Gasteiger partial charge in [-0.05, 0) is 36.2 Å². The summed E-state index contributed by atoms with van der Waals surface area (Å²) in [5.41, 5.74) is 2.55. The zero-order valence-electron chi connectivity index (χ0n) is 12.4. The van der Waals surface area contributed by atoms with Gasteiger partial charge in [0.25, 0.3) is 0 Å². The van der Waals surface area contributed by atoms with Gasteiger partial charge in [0.05, 0.1) is 6.61 Å². The molecule has 3 rings (SSSR count). The molecule has 0 aromatic heterocycles. The van der Waals surface area contributed by atoms with Gasteiger partial charge in [-0.3, -0.25) is 0 Å². The van der Waals surface area contributed by atoms with Gasteiger partial charge in [0.1, 0.15) is 5.75 Å². The van der Waals surface area contributed by atoms with E-state index >= 15 is 0 Å². The maximum atomic E-state index is 6.29. The number of likely N-dealkylation sites (N-methyl/N-ethyl adjacent to an activating group) is 1. The minimum Gasteiger partial charge on any atom is -0.493 e. The van der Waals surface area contributed by atoms with Crippen LogP contribution in [-0.2, 0) is 12.8 Å². The number of thioether (sulfide) groups is 2. The van der Waals surface area contributed by atoms with Crippen LogP contribution in [-0.4, -0.2) is 41.7 Å². The minimum atomic E-state index is 0.500. The predicted molar refractivity (Wildman–Crippen MR) is 95.4 cm³/mol. The van der Waals surface area contributed by atoms with E-state index in [0.29, 0.717) is 11.3 Å². The van der Waals surface area contributed by atoms with Gasteiger partial charge in [-0.1, -0.05) is 18.5 Å². The highest BCUT2D eigenvalue weighted by Gasteiger charge is 2.27. The number of hydrogen-bond acceptors (Lipinski definition) is 4. The van der Waals surface area contributed by atoms with E-state index < -0.39 is 0 Å². The number of nitrogens with one attached hydrogen (secondary N) is 1. The van der Waals surface area contributed by atoms with E-state index in [-0.39, 0.29) is 0 Å². The SMILES string of the molecule is CCNC(Cc1cc(Cl)cc2c1OCC2)C1CSCCS1. The molecule has 1 fully saturated rings. The van der Waals surface area contributed by atoms with Crippen molar-refractivity contribution in [2.24, 2.45) is 0 Å². The highest BCUT2D eigenvalue weighted by molar-refractivity contribution is 8.06. The van der Waals surface area contributed by atoms with Crippen LogP contribution in [0.2, 0.25) is 5.02 Å². The van der Waals surface area contributed by atoms with Crippen LogP contribution in [0.25, 0.3) is 0 Å². The van der Waals surface area contributed by atoms with Gasteiger partial charge in [-0.25, -0.2) is 0 Å². The molecule has 1 saturated heterocycles. The second kappa shape index (κ2) is 7.49. The van der Waals surface area contributed by atoms with Crippen molar-refractivity contribution in [1.82, 2.24) is 5.32 Å². The Labute approximate surface area is 140 Å². The highest BCUT2D eigenvalue weighted by atomic mass is 35.5. The Morgan fingerprint density at radius 1 is 1.43 bits per heavy atom. The predicted octanol–water partition coefficient (Wildman–Crippen LogP) is 3.64. The number of ether oxygens (including phenoxy) is 1. The molecule has 0 radical (unpaired) electrons. The summed E-state index contributed by atoms with van der Waals surface area (Å²) in [5.74, 6) is 4.89. The molecule has 2 heterocycles. The van der Waals surface area contributed by atoms with Crippen LogP contribution in [0, 0.1) is 0 Å². The van der Waals surface area contributed by atoms with E-state index in [1.165, 1.54) is 28.4 Å². The molecule has 0 amide bonds. The van der Waals surface area contributed by atoms with Crippen LogP contribution in [0.1, 0.15) is 18.1 Å². The van der Waals surface area contributed by atoms with E-state index in [1.807, 2.05) is 0 Å². The summed E-state index contributed by atoms with van der Waals surface area (Å²) in [4.78, 5) is 0. The Balaban J connectivity index is 1.79. The van der Waals surface area contributed by atoms with Crippen LogP contribution in [0.15, 0.2) is 12.1 Å². The summed E-state index contributed by atoms with van der Waals surface area (Å²) in [5, 5.41) is 5.20. The first-order chi connectivity index (χ1) is 10.3. The van der Waals surface area contributed by atoms with Gasteiger partial charge in [0, 0.05) is 40.0 Å². The lowest BCUT2D eigenvalue weighted by atomic mass is 10.00. The number of benzene rings is 1. The van der Waals surface area contributed by atoms with Crippen LogP contribution in [0.3, 0.4) is 0 Å². The number of hydrogen-bond donors (Lipinski definition) is 1. The molecule has 1 aromatic rings. The van der Waals surface area contributed by atoms with Crippen molar-refractivity contribution in [3.63, 3.8) is 0 Å². The van der Waals surface area contributed by atoms with Crippen molar-refractivity contribution < 1.29 is 4.74 Å². The Bertz CT molecular complexity index is 491. The second-order valence-corrected chi connectivity index (χ2v) is 8.44. The second-order valence-electron chi connectivity index (χ2n) is 5.50. The summed E-state index contributed by atoms with van der Waals surface area (Å²) in [6.45, 7) is 3.99.